The molecular weight excluding hydrogens is 296 g/mol. The zero-order valence-electron chi connectivity index (χ0n) is 8.70. The van der Waals surface area contributed by atoms with Gasteiger partial charge in [0, 0.05) is 11.5 Å². The summed E-state index contributed by atoms with van der Waals surface area (Å²) >= 11 is 6.19. The molecule has 0 amide bonds. The molecule has 6 nitrogen and oxygen atoms in total. The first-order valence-electron chi connectivity index (χ1n) is 4.67. The van der Waals surface area contributed by atoms with Crippen LogP contribution in [0.15, 0.2) is 8.68 Å². The van der Waals surface area contributed by atoms with E-state index in [1.54, 1.807) is 23.5 Å². The van der Waals surface area contributed by atoms with Gasteiger partial charge in [0.25, 0.3) is 0 Å². The maximum absolute atomic E-state index is 5.49. The smallest absolute Gasteiger partial charge is 0.203 e. The van der Waals surface area contributed by atoms with E-state index in [0.717, 1.165) is 26.6 Å². The van der Waals surface area contributed by atoms with Crippen LogP contribution in [0, 0.1) is 0 Å². The van der Waals surface area contributed by atoms with Crippen LogP contribution in [0.2, 0.25) is 0 Å². The molecule has 17 heavy (non-hydrogen) atoms. The number of nitrogens with two attached hydrogens (primary N) is 2. The number of anilines is 2. The Bertz CT molecular complexity index is 426. The van der Waals surface area contributed by atoms with Crippen LogP contribution in [0.5, 0.6) is 0 Å². The Labute approximate surface area is 115 Å². The predicted molar refractivity (Wildman–Crippen MR) is 74.7 cm³/mol. The Kier molecular flexibility index (Phi) is 4.83. The molecule has 0 aliphatic rings. The summed E-state index contributed by atoms with van der Waals surface area (Å²) in [5, 5.41) is 16.4. The van der Waals surface area contributed by atoms with Crippen LogP contribution < -0.4 is 11.5 Å². The molecule has 2 aromatic rings. The van der Waals surface area contributed by atoms with Crippen molar-refractivity contribution in [2.45, 2.75) is 15.1 Å². The summed E-state index contributed by atoms with van der Waals surface area (Å²) in [5.74, 6) is 1.99. The van der Waals surface area contributed by atoms with Gasteiger partial charge in [0.1, 0.15) is 0 Å². The third kappa shape index (κ3) is 4.30. The monoisotopic (exact) mass is 306 g/mol. The summed E-state index contributed by atoms with van der Waals surface area (Å²) in [4.78, 5) is 0. The van der Waals surface area contributed by atoms with Crippen molar-refractivity contribution >= 4 is 56.5 Å². The lowest BCUT2D eigenvalue weighted by Gasteiger charge is -1.96. The van der Waals surface area contributed by atoms with Crippen molar-refractivity contribution < 1.29 is 0 Å². The molecule has 0 spiro atoms. The highest BCUT2D eigenvalue weighted by Gasteiger charge is 2.03. The van der Waals surface area contributed by atoms with Gasteiger partial charge in [-0.05, 0) is 6.42 Å². The molecule has 2 aromatic heterocycles. The van der Waals surface area contributed by atoms with Gasteiger partial charge in [0.15, 0.2) is 8.68 Å². The molecule has 0 atom stereocenters. The topological polar surface area (TPSA) is 104 Å². The summed E-state index contributed by atoms with van der Waals surface area (Å²) in [7, 11) is 0. The molecule has 0 aliphatic carbocycles. The maximum atomic E-state index is 5.49. The third-order valence-corrected chi connectivity index (χ3v) is 5.53. The van der Waals surface area contributed by atoms with E-state index in [-0.39, 0.29) is 0 Å². The zero-order valence-corrected chi connectivity index (χ0v) is 12.0. The van der Waals surface area contributed by atoms with E-state index in [9.17, 15) is 0 Å². The highest BCUT2D eigenvalue weighted by Crippen LogP contribution is 2.27. The summed E-state index contributed by atoms with van der Waals surface area (Å²) in [6.07, 6.45) is 1.06. The van der Waals surface area contributed by atoms with E-state index in [1.165, 1.54) is 22.7 Å². The van der Waals surface area contributed by atoms with Crippen molar-refractivity contribution in [3.8, 4) is 0 Å². The van der Waals surface area contributed by atoms with Crippen LogP contribution in [-0.4, -0.2) is 31.9 Å². The molecule has 4 N–H and O–H groups in total. The summed E-state index contributed by atoms with van der Waals surface area (Å²) in [5.41, 5.74) is 11.0. The normalized spacial score (nSPS) is 10.8. The van der Waals surface area contributed by atoms with Crippen LogP contribution >= 0.6 is 46.2 Å². The predicted octanol–water partition coefficient (Wildman–Crippen LogP) is 1.83. The molecule has 0 fully saturated rings. The molecule has 92 valence electrons. The number of aromatic nitrogens is 4. The van der Waals surface area contributed by atoms with Gasteiger partial charge in [-0.25, -0.2) is 0 Å². The zero-order chi connectivity index (χ0) is 12.1. The molecule has 2 rings (SSSR count). The van der Waals surface area contributed by atoms with Gasteiger partial charge >= 0.3 is 0 Å². The molecule has 0 saturated heterocycles. The minimum atomic E-state index is 0.520. The van der Waals surface area contributed by atoms with Crippen molar-refractivity contribution in [3.63, 3.8) is 0 Å². The lowest BCUT2D eigenvalue weighted by Crippen LogP contribution is -1.84. The number of rotatable bonds is 6. The highest BCUT2D eigenvalue weighted by atomic mass is 32.2. The van der Waals surface area contributed by atoms with Gasteiger partial charge in [-0.3, -0.25) is 0 Å². The Morgan fingerprint density at radius 3 is 1.65 bits per heavy atom. The van der Waals surface area contributed by atoms with Crippen LogP contribution in [0.4, 0.5) is 10.3 Å². The first-order valence-corrected chi connectivity index (χ1v) is 8.28. The van der Waals surface area contributed by atoms with Crippen LogP contribution in [0.25, 0.3) is 0 Å². The van der Waals surface area contributed by atoms with E-state index in [2.05, 4.69) is 20.4 Å². The van der Waals surface area contributed by atoms with Crippen molar-refractivity contribution in [3.05, 3.63) is 0 Å². The minimum absolute atomic E-state index is 0.520. The van der Waals surface area contributed by atoms with Gasteiger partial charge in [-0.15, -0.1) is 20.4 Å². The lowest BCUT2D eigenvalue weighted by molar-refractivity contribution is 1.01. The molecule has 10 heteroatoms. The fourth-order valence-electron chi connectivity index (χ4n) is 0.935. The minimum Gasteiger partial charge on any atom is -0.374 e. The van der Waals surface area contributed by atoms with Crippen LogP contribution in [0.1, 0.15) is 6.42 Å². The second kappa shape index (κ2) is 6.38. The molecule has 0 radical (unpaired) electrons. The van der Waals surface area contributed by atoms with Crippen molar-refractivity contribution in [1.82, 2.24) is 20.4 Å². The van der Waals surface area contributed by atoms with E-state index in [4.69, 9.17) is 11.5 Å². The van der Waals surface area contributed by atoms with Gasteiger partial charge in [-0.2, -0.15) is 0 Å². The molecule has 0 aromatic carbocycles. The third-order valence-electron chi connectivity index (χ3n) is 1.58. The fraction of sp³-hybridized carbons (Fsp3) is 0.429. The Balaban J connectivity index is 1.60. The number of hydrogen-bond acceptors (Lipinski definition) is 10. The Hall–Kier alpha value is -0.580. The lowest BCUT2D eigenvalue weighted by atomic mass is 10.6. The molecule has 0 aliphatic heterocycles. The van der Waals surface area contributed by atoms with E-state index in [0.29, 0.717) is 10.3 Å². The maximum Gasteiger partial charge on any atom is 0.203 e. The summed E-state index contributed by atoms with van der Waals surface area (Å²) in [6.45, 7) is 0. The average Bonchev–Trinajstić information content (AvgIpc) is 2.88. The standard InChI is InChI=1S/C7H10N6S4/c8-4-10-12-6(16-4)14-2-1-3-15-7-13-11-5(9)17-7/h1-3H2,(H2,8,10)(H2,9,11). The van der Waals surface area contributed by atoms with E-state index in [1.807, 2.05) is 0 Å². The Morgan fingerprint density at radius 2 is 1.29 bits per heavy atom. The SMILES string of the molecule is Nc1nnc(SCCCSc2nnc(N)s2)s1. The number of thioether (sulfide) groups is 2. The molecule has 0 bridgehead atoms. The van der Waals surface area contributed by atoms with E-state index >= 15 is 0 Å². The molecule has 0 unspecified atom stereocenters. The van der Waals surface area contributed by atoms with E-state index < -0.39 is 0 Å². The summed E-state index contributed by atoms with van der Waals surface area (Å²) in [6, 6.07) is 0. The first kappa shape index (κ1) is 12.9. The number of nitrogen functional groups attached to an aromatic ring is 2. The molecule has 0 saturated carbocycles. The van der Waals surface area contributed by atoms with Crippen molar-refractivity contribution in [2.75, 3.05) is 23.0 Å². The number of hydrogen-bond donors (Lipinski definition) is 2. The van der Waals surface area contributed by atoms with Gasteiger partial charge in [0.05, 0.1) is 0 Å². The largest absolute Gasteiger partial charge is 0.374 e. The highest BCUT2D eigenvalue weighted by molar-refractivity contribution is 8.01. The van der Waals surface area contributed by atoms with Gasteiger partial charge < -0.3 is 11.5 Å². The van der Waals surface area contributed by atoms with Crippen LogP contribution in [0.3, 0.4) is 0 Å². The van der Waals surface area contributed by atoms with Gasteiger partial charge in [0.2, 0.25) is 10.3 Å². The van der Waals surface area contributed by atoms with Crippen molar-refractivity contribution in [2.24, 2.45) is 0 Å². The van der Waals surface area contributed by atoms with Crippen molar-refractivity contribution in [1.29, 1.82) is 0 Å². The Morgan fingerprint density at radius 1 is 0.824 bits per heavy atom. The first-order chi connectivity index (χ1) is 8.24. The number of nitrogens with zero attached hydrogens (tertiary/aromatic N) is 4. The molecular formula is C7H10N6S4. The fourth-order valence-corrected chi connectivity index (χ4v) is 4.41. The summed E-state index contributed by atoms with van der Waals surface area (Å²) < 4.78 is 1.85. The second-order valence-electron chi connectivity index (χ2n) is 2.86. The van der Waals surface area contributed by atoms with Crippen LogP contribution in [-0.2, 0) is 0 Å². The quantitative estimate of drug-likeness (QED) is 0.615. The second-order valence-corrected chi connectivity index (χ2v) is 7.57. The molecule has 2 heterocycles. The van der Waals surface area contributed by atoms with Gasteiger partial charge in [-0.1, -0.05) is 46.2 Å². The average molecular weight is 306 g/mol.